The van der Waals surface area contributed by atoms with Gasteiger partial charge >= 0.3 is 0 Å². The van der Waals surface area contributed by atoms with Crippen molar-refractivity contribution in [2.75, 3.05) is 0 Å². The molecule has 0 spiro atoms. The van der Waals surface area contributed by atoms with Crippen molar-refractivity contribution in [3.63, 3.8) is 0 Å². The minimum Gasteiger partial charge on any atom is -0.271 e. The van der Waals surface area contributed by atoms with Gasteiger partial charge in [-0.15, -0.1) is 0 Å². The summed E-state index contributed by atoms with van der Waals surface area (Å²) in [6, 6.07) is 9.99. The molecule has 1 atom stereocenters. The molecule has 2 rings (SSSR count). The van der Waals surface area contributed by atoms with E-state index < -0.39 is 0 Å². The SMILES string of the molecule is Cc1cc(C(Cc2ccc(Br)cc2Cl)NN)cc(C)n1. The monoisotopic (exact) mass is 353 g/mol. The number of pyridine rings is 1. The minimum absolute atomic E-state index is 0.00840. The molecule has 0 aliphatic rings. The first-order valence-electron chi connectivity index (χ1n) is 6.35. The van der Waals surface area contributed by atoms with E-state index in [4.69, 9.17) is 17.4 Å². The smallest absolute Gasteiger partial charge is 0.0502 e. The Kier molecular flexibility index (Phi) is 5.16. The Balaban J connectivity index is 2.28. The largest absolute Gasteiger partial charge is 0.271 e. The van der Waals surface area contributed by atoms with Crippen LogP contribution in [0.4, 0.5) is 0 Å². The first-order chi connectivity index (χ1) is 9.49. The van der Waals surface area contributed by atoms with Crippen LogP contribution in [0.15, 0.2) is 34.8 Å². The Hall–Kier alpha value is -0.940. The van der Waals surface area contributed by atoms with Crippen LogP contribution in [0.5, 0.6) is 0 Å². The molecule has 1 unspecified atom stereocenters. The second-order valence-corrected chi connectivity index (χ2v) is 6.17. The van der Waals surface area contributed by atoms with Gasteiger partial charge in [-0.25, -0.2) is 0 Å². The maximum Gasteiger partial charge on any atom is 0.0502 e. The first kappa shape index (κ1) is 15.4. The van der Waals surface area contributed by atoms with Gasteiger partial charge in [-0.2, -0.15) is 0 Å². The van der Waals surface area contributed by atoms with E-state index in [0.29, 0.717) is 0 Å². The van der Waals surface area contributed by atoms with Gasteiger partial charge in [0.25, 0.3) is 0 Å². The minimum atomic E-state index is 0.00840. The molecule has 0 amide bonds. The lowest BCUT2D eigenvalue weighted by atomic mass is 9.99. The van der Waals surface area contributed by atoms with E-state index in [9.17, 15) is 0 Å². The molecule has 1 aromatic carbocycles. The van der Waals surface area contributed by atoms with Crippen molar-refractivity contribution in [3.05, 3.63) is 62.3 Å². The van der Waals surface area contributed by atoms with E-state index in [1.165, 1.54) is 0 Å². The molecule has 0 aliphatic carbocycles. The summed E-state index contributed by atoms with van der Waals surface area (Å²) < 4.78 is 0.971. The summed E-state index contributed by atoms with van der Waals surface area (Å²) in [6.45, 7) is 3.97. The van der Waals surface area contributed by atoms with E-state index in [0.717, 1.165) is 38.4 Å². The zero-order valence-electron chi connectivity index (χ0n) is 11.5. The van der Waals surface area contributed by atoms with E-state index in [-0.39, 0.29) is 6.04 Å². The van der Waals surface area contributed by atoms with Crippen LogP contribution in [-0.2, 0) is 6.42 Å². The Labute approximate surface area is 132 Å². The van der Waals surface area contributed by atoms with Gasteiger partial charge in [0.1, 0.15) is 0 Å². The van der Waals surface area contributed by atoms with Crippen molar-refractivity contribution in [1.82, 2.24) is 10.4 Å². The van der Waals surface area contributed by atoms with Gasteiger partial charge < -0.3 is 0 Å². The molecular formula is C15H17BrClN3. The van der Waals surface area contributed by atoms with Crippen LogP contribution in [0.25, 0.3) is 0 Å². The predicted octanol–water partition coefficient (Wildman–Crippen LogP) is 3.86. The first-order valence-corrected chi connectivity index (χ1v) is 7.52. The Morgan fingerprint density at radius 3 is 2.45 bits per heavy atom. The maximum atomic E-state index is 6.27. The van der Waals surface area contributed by atoms with Crippen molar-refractivity contribution in [1.29, 1.82) is 0 Å². The summed E-state index contributed by atoms with van der Waals surface area (Å²) in [6.07, 6.45) is 0.728. The quantitative estimate of drug-likeness (QED) is 0.647. The number of aromatic nitrogens is 1. The molecular weight excluding hydrogens is 338 g/mol. The van der Waals surface area contributed by atoms with Crippen molar-refractivity contribution >= 4 is 27.5 Å². The predicted molar refractivity (Wildman–Crippen MR) is 86.6 cm³/mol. The molecule has 20 heavy (non-hydrogen) atoms. The second kappa shape index (κ2) is 6.68. The molecule has 0 radical (unpaired) electrons. The fourth-order valence-electron chi connectivity index (χ4n) is 2.25. The van der Waals surface area contributed by atoms with Crippen LogP contribution in [-0.4, -0.2) is 4.98 Å². The third kappa shape index (κ3) is 3.79. The summed E-state index contributed by atoms with van der Waals surface area (Å²) in [5, 5.41) is 0.738. The number of aryl methyl sites for hydroxylation is 2. The summed E-state index contributed by atoms with van der Waals surface area (Å²) in [5.74, 6) is 5.71. The number of hydrogen-bond donors (Lipinski definition) is 2. The molecule has 0 saturated heterocycles. The van der Waals surface area contributed by atoms with Gasteiger partial charge in [-0.3, -0.25) is 16.3 Å². The fourth-order valence-corrected chi connectivity index (χ4v) is 3.00. The summed E-state index contributed by atoms with van der Waals surface area (Å²) in [7, 11) is 0. The van der Waals surface area contributed by atoms with E-state index in [1.54, 1.807) is 0 Å². The van der Waals surface area contributed by atoms with Gasteiger partial charge in [-0.05, 0) is 55.7 Å². The zero-order valence-corrected chi connectivity index (χ0v) is 13.8. The lowest BCUT2D eigenvalue weighted by molar-refractivity contribution is 0.550. The van der Waals surface area contributed by atoms with Crippen LogP contribution in [0.1, 0.15) is 28.6 Å². The van der Waals surface area contributed by atoms with Gasteiger partial charge in [0.15, 0.2) is 0 Å². The van der Waals surface area contributed by atoms with E-state index >= 15 is 0 Å². The topological polar surface area (TPSA) is 50.9 Å². The number of nitrogens with one attached hydrogen (secondary N) is 1. The van der Waals surface area contributed by atoms with Crippen LogP contribution >= 0.6 is 27.5 Å². The third-order valence-corrected chi connectivity index (χ3v) is 3.99. The van der Waals surface area contributed by atoms with Crippen LogP contribution < -0.4 is 11.3 Å². The average molecular weight is 355 g/mol. The third-order valence-electron chi connectivity index (χ3n) is 3.15. The van der Waals surface area contributed by atoms with Crippen LogP contribution in [0.2, 0.25) is 5.02 Å². The number of hydrogen-bond acceptors (Lipinski definition) is 3. The molecule has 0 aliphatic heterocycles. The lowest BCUT2D eigenvalue weighted by Gasteiger charge is -2.18. The van der Waals surface area contributed by atoms with Crippen molar-refractivity contribution in [3.8, 4) is 0 Å². The lowest BCUT2D eigenvalue weighted by Crippen LogP contribution is -2.29. The highest BCUT2D eigenvalue weighted by Crippen LogP contribution is 2.26. The number of nitrogens with two attached hydrogens (primary N) is 1. The van der Waals surface area contributed by atoms with Crippen LogP contribution in [0.3, 0.4) is 0 Å². The van der Waals surface area contributed by atoms with Crippen LogP contribution in [0, 0.1) is 13.8 Å². The fraction of sp³-hybridized carbons (Fsp3) is 0.267. The molecule has 1 aromatic heterocycles. The molecule has 3 nitrogen and oxygen atoms in total. The molecule has 0 fully saturated rings. The number of benzene rings is 1. The summed E-state index contributed by atoms with van der Waals surface area (Å²) in [5.41, 5.74) is 7.02. The number of halogens is 2. The highest BCUT2D eigenvalue weighted by Gasteiger charge is 2.14. The van der Waals surface area contributed by atoms with Crippen molar-refractivity contribution < 1.29 is 0 Å². The molecule has 5 heteroatoms. The highest BCUT2D eigenvalue weighted by molar-refractivity contribution is 9.10. The van der Waals surface area contributed by atoms with Gasteiger partial charge in [0.05, 0.1) is 6.04 Å². The summed E-state index contributed by atoms with van der Waals surface area (Å²) >= 11 is 9.68. The molecule has 3 N–H and O–H groups in total. The maximum absolute atomic E-state index is 6.27. The molecule has 2 aromatic rings. The Morgan fingerprint density at radius 2 is 1.90 bits per heavy atom. The zero-order chi connectivity index (χ0) is 14.7. The van der Waals surface area contributed by atoms with E-state index in [1.807, 2.05) is 44.2 Å². The number of rotatable bonds is 4. The number of hydrazine groups is 1. The van der Waals surface area contributed by atoms with E-state index in [2.05, 4.69) is 26.3 Å². The second-order valence-electron chi connectivity index (χ2n) is 4.84. The van der Waals surface area contributed by atoms with Crippen molar-refractivity contribution in [2.24, 2.45) is 5.84 Å². The summed E-state index contributed by atoms with van der Waals surface area (Å²) in [4.78, 5) is 4.39. The Bertz CT molecular complexity index is 596. The average Bonchev–Trinajstić information content (AvgIpc) is 2.36. The highest BCUT2D eigenvalue weighted by atomic mass is 79.9. The van der Waals surface area contributed by atoms with Gasteiger partial charge in [0.2, 0.25) is 0 Å². The van der Waals surface area contributed by atoms with Gasteiger partial charge in [0, 0.05) is 20.9 Å². The molecule has 0 saturated carbocycles. The Morgan fingerprint density at radius 1 is 1.25 bits per heavy atom. The standard InChI is InChI=1S/C15H17BrClN3/c1-9-5-12(6-10(2)19-9)15(20-18)7-11-3-4-13(16)8-14(11)17/h3-6,8,15,20H,7,18H2,1-2H3. The molecule has 0 bridgehead atoms. The van der Waals surface area contributed by atoms with Crippen molar-refractivity contribution in [2.45, 2.75) is 26.3 Å². The molecule has 1 heterocycles. The molecule has 106 valence electrons. The van der Waals surface area contributed by atoms with Gasteiger partial charge in [-0.1, -0.05) is 33.6 Å². The normalized spacial score (nSPS) is 12.4. The number of nitrogens with zero attached hydrogens (tertiary/aromatic N) is 1.